The maximum atomic E-state index is 2.70. The molecule has 0 fully saturated rings. The molecule has 0 spiro atoms. The van der Waals surface area contributed by atoms with Gasteiger partial charge in [0.1, 0.15) is 0 Å². The summed E-state index contributed by atoms with van der Waals surface area (Å²) in [5.41, 5.74) is 22.0. The van der Waals surface area contributed by atoms with Gasteiger partial charge in [0.2, 0.25) is 0 Å². The summed E-state index contributed by atoms with van der Waals surface area (Å²) in [6.07, 6.45) is 0. The summed E-state index contributed by atoms with van der Waals surface area (Å²) in [7, 11) is -6.53. The third-order valence-electron chi connectivity index (χ3n) is 23.4. The molecule has 510 valence electrons. The first-order valence-electron chi connectivity index (χ1n) is 37.9. The second-order valence-corrected chi connectivity index (χ2v) is 36.4. The lowest BCUT2D eigenvalue weighted by Gasteiger charge is -2.46. The highest BCUT2D eigenvalue weighted by Crippen LogP contribution is 2.48. The second kappa shape index (κ2) is 26.2. The number of rotatable bonds is 14. The molecule has 0 aliphatic carbocycles. The number of fused-ring (bicyclic) bond motifs is 10. The highest BCUT2D eigenvalue weighted by atomic mass is 28.3. The van der Waals surface area contributed by atoms with Crippen molar-refractivity contribution in [3.05, 3.63) is 431 Å². The summed E-state index contributed by atoms with van der Waals surface area (Å²) in [5.74, 6) is 0. The lowest BCUT2D eigenvalue weighted by Crippen LogP contribution is -2.75. The first-order valence-corrected chi connectivity index (χ1v) is 41.9. The zero-order valence-electron chi connectivity index (χ0n) is 59.9. The van der Waals surface area contributed by atoms with Crippen molar-refractivity contribution in [1.29, 1.82) is 0 Å². The van der Waals surface area contributed by atoms with Gasteiger partial charge in [0.25, 0.3) is 6.71 Å². The van der Waals surface area contributed by atoms with Crippen LogP contribution in [0.5, 0.6) is 0 Å². The van der Waals surface area contributed by atoms with Crippen LogP contribution in [0.15, 0.2) is 431 Å². The SMILES string of the molecule is c1ccc([Si](c2ccccc2)(c2ccccc2)c2ccccc2N2c3cc(-c4ccccc4-n4c5ccccc5c5ccccc54)ccc3B3c4ccc(-c5ccccc5-n5c6ccccc6c6ccccc65)cc4N(c4ccccc4[Si](c4ccccc4)(c4ccccc4)c4ccccc4)c4cccc2c43)cc1. The fourth-order valence-corrected chi connectivity index (χ4v) is 28.9. The monoisotopic (exact) mass is 1420 g/mol. The molecule has 0 bridgehead atoms. The van der Waals surface area contributed by atoms with E-state index in [0.29, 0.717) is 0 Å². The average molecular weight is 1420 g/mol. The van der Waals surface area contributed by atoms with Crippen molar-refractivity contribution in [3.63, 3.8) is 0 Å². The van der Waals surface area contributed by atoms with Crippen molar-refractivity contribution in [3.8, 4) is 33.6 Å². The predicted octanol–water partition coefficient (Wildman–Crippen LogP) is 18.1. The summed E-state index contributed by atoms with van der Waals surface area (Å²) >= 11 is 0. The predicted molar refractivity (Wildman–Crippen MR) is 467 cm³/mol. The number of aromatic nitrogens is 2. The van der Waals surface area contributed by atoms with Crippen molar-refractivity contribution < 1.29 is 0 Å². The van der Waals surface area contributed by atoms with Gasteiger partial charge in [-0.25, -0.2) is 0 Å². The zero-order valence-corrected chi connectivity index (χ0v) is 61.9. The molecule has 0 N–H and O–H groups in total. The minimum Gasteiger partial charge on any atom is -0.311 e. The molecule has 4 nitrogen and oxygen atoms in total. The zero-order chi connectivity index (χ0) is 72.0. The molecule has 7 heteroatoms. The van der Waals surface area contributed by atoms with E-state index >= 15 is 0 Å². The largest absolute Gasteiger partial charge is 0.311 e. The molecular weight excluding hydrogens is 1350 g/mol. The number of anilines is 6. The van der Waals surface area contributed by atoms with Gasteiger partial charge in [-0.1, -0.05) is 358 Å². The number of hydrogen-bond acceptors (Lipinski definition) is 2. The molecule has 0 atom stereocenters. The number of hydrogen-bond donors (Lipinski definition) is 0. The Kier molecular flexibility index (Phi) is 15.3. The third-order valence-corrected chi connectivity index (χ3v) is 33.1. The fourth-order valence-electron chi connectivity index (χ4n) is 19.0. The Morgan fingerprint density at radius 3 is 0.771 bits per heavy atom. The van der Waals surface area contributed by atoms with Crippen LogP contribution in [0.3, 0.4) is 0 Å². The van der Waals surface area contributed by atoms with Crippen LogP contribution in [0.4, 0.5) is 34.1 Å². The van der Waals surface area contributed by atoms with E-state index in [0.717, 1.165) is 67.8 Å². The minimum absolute atomic E-state index is 0.231. The Balaban J connectivity index is 0.879. The smallest absolute Gasteiger partial charge is 0.252 e. The topological polar surface area (TPSA) is 16.3 Å². The van der Waals surface area contributed by atoms with E-state index in [-0.39, 0.29) is 6.71 Å². The van der Waals surface area contributed by atoms with Crippen LogP contribution in [-0.4, -0.2) is 32.0 Å². The van der Waals surface area contributed by atoms with Gasteiger partial charge in [-0.3, -0.25) is 0 Å². The molecule has 0 saturated carbocycles. The first-order chi connectivity index (χ1) is 54.2. The Labute approximate surface area is 637 Å². The van der Waals surface area contributed by atoms with Crippen LogP contribution < -0.4 is 67.7 Å². The van der Waals surface area contributed by atoms with E-state index in [1.807, 2.05) is 0 Å². The van der Waals surface area contributed by atoms with Gasteiger partial charge in [-0.2, -0.15) is 0 Å². The average Bonchev–Trinajstić information content (AvgIpc) is 1.21. The Morgan fingerprint density at radius 1 is 0.193 bits per heavy atom. The lowest BCUT2D eigenvalue weighted by molar-refractivity contribution is 1.18. The molecular formula is C102H71BN4Si2. The molecule has 4 heterocycles. The molecule has 0 radical (unpaired) electrons. The van der Waals surface area contributed by atoms with Crippen molar-refractivity contribution in [1.82, 2.24) is 9.13 Å². The fraction of sp³-hybridized carbons (Fsp3) is 0. The highest BCUT2D eigenvalue weighted by Gasteiger charge is 2.50. The van der Waals surface area contributed by atoms with Crippen LogP contribution in [0, 0.1) is 0 Å². The first kappa shape index (κ1) is 63.9. The lowest BCUT2D eigenvalue weighted by atomic mass is 9.33. The van der Waals surface area contributed by atoms with Gasteiger partial charge >= 0.3 is 0 Å². The van der Waals surface area contributed by atoms with E-state index in [9.17, 15) is 0 Å². The van der Waals surface area contributed by atoms with Gasteiger partial charge in [-0.15, -0.1) is 0 Å². The molecule has 2 aromatic heterocycles. The normalized spacial score (nSPS) is 12.5. The van der Waals surface area contributed by atoms with Gasteiger partial charge < -0.3 is 18.9 Å². The van der Waals surface area contributed by atoms with Gasteiger partial charge in [0.05, 0.1) is 33.4 Å². The summed E-state index contributed by atoms with van der Waals surface area (Å²) in [6, 6.07) is 163. The minimum atomic E-state index is -3.27. The van der Waals surface area contributed by atoms with Crippen LogP contribution >= 0.6 is 0 Å². The second-order valence-electron chi connectivity index (χ2n) is 28.9. The molecule has 0 unspecified atom stereocenters. The van der Waals surface area contributed by atoms with Gasteiger partial charge in [-0.05, 0) is 142 Å². The van der Waals surface area contributed by atoms with Crippen molar-refractivity contribution in [2.24, 2.45) is 0 Å². The Bertz CT molecular complexity index is 6000. The number of para-hydroxylation sites is 8. The van der Waals surface area contributed by atoms with Crippen LogP contribution in [-0.2, 0) is 0 Å². The number of nitrogens with zero attached hydrogens (tertiary/aromatic N) is 4. The Hall–Kier alpha value is -13.6. The maximum absolute atomic E-state index is 3.27. The molecule has 21 rings (SSSR count). The summed E-state index contributed by atoms with van der Waals surface area (Å²) < 4.78 is 4.97. The number of benzene rings is 17. The molecule has 109 heavy (non-hydrogen) atoms. The molecule has 19 aromatic rings. The molecule has 0 saturated heterocycles. The van der Waals surface area contributed by atoms with E-state index in [2.05, 4.69) is 450 Å². The summed E-state index contributed by atoms with van der Waals surface area (Å²) in [4.78, 5) is 5.40. The van der Waals surface area contributed by atoms with E-state index < -0.39 is 16.1 Å². The van der Waals surface area contributed by atoms with Crippen LogP contribution in [0.1, 0.15) is 0 Å². The highest BCUT2D eigenvalue weighted by molar-refractivity contribution is 7.21. The van der Waals surface area contributed by atoms with Crippen molar-refractivity contribution in [2.45, 2.75) is 0 Å². The van der Waals surface area contributed by atoms with Gasteiger partial charge in [0.15, 0.2) is 16.1 Å². The van der Waals surface area contributed by atoms with E-state index in [4.69, 9.17) is 0 Å². The van der Waals surface area contributed by atoms with Gasteiger partial charge in [0, 0.05) is 66.8 Å². The van der Waals surface area contributed by atoms with Crippen LogP contribution in [0.25, 0.3) is 77.2 Å². The molecule has 2 aliphatic heterocycles. The van der Waals surface area contributed by atoms with E-state index in [1.165, 1.54) is 101 Å². The summed E-state index contributed by atoms with van der Waals surface area (Å²) in [6.45, 7) is -0.231. The van der Waals surface area contributed by atoms with Crippen molar-refractivity contribution in [2.75, 3.05) is 9.80 Å². The summed E-state index contributed by atoms with van der Waals surface area (Å²) in [5, 5.41) is 15.4. The molecule has 0 amide bonds. The van der Waals surface area contributed by atoms with E-state index in [1.54, 1.807) is 0 Å². The van der Waals surface area contributed by atoms with Crippen molar-refractivity contribution >= 4 is 158 Å². The molecule has 17 aromatic carbocycles. The van der Waals surface area contributed by atoms with Crippen LogP contribution in [0.2, 0.25) is 0 Å². The standard InChI is InChI=1S/C102H71BN4Si2/c1-7-36-74(37-8-1)108(75-38-9-2-10-39-75,76-40-11-3-12-41-76)100-64-33-31-60-94(100)106-96-62-35-63-97-102(96)103(86-68-66-72(70-98(86)106)80-48-19-25-54-88(80)104-90-56-27-21-50-82(90)83-51-22-28-57-91(83)104)87-69-67-73(81-49-20-26-55-89(81)105-92-58-29-23-52-84(92)85-53-24-30-59-93(85)105)71-99(87)107(97)95-61-32-34-65-101(95)109(77-42-13-4-14-43-77,78-44-15-5-16-45-78)79-46-17-6-18-47-79/h1-71H. The Morgan fingerprint density at radius 2 is 0.450 bits per heavy atom. The third kappa shape index (κ3) is 9.84. The quantitative estimate of drug-likeness (QED) is 0.0797. The molecule has 2 aliphatic rings. The maximum Gasteiger partial charge on any atom is 0.252 e.